The first-order valence-electron chi connectivity index (χ1n) is 5.55. The smallest absolute Gasteiger partial charge is 0.185 e. The Labute approximate surface area is 114 Å². The van der Waals surface area contributed by atoms with Crippen molar-refractivity contribution in [2.75, 3.05) is 12.8 Å². The molecule has 1 atom stereocenters. The van der Waals surface area contributed by atoms with Gasteiger partial charge in [0.05, 0.1) is 12.7 Å². The third-order valence-electron chi connectivity index (χ3n) is 2.93. The van der Waals surface area contributed by atoms with Crippen LogP contribution in [0.3, 0.4) is 0 Å². The molecule has 0 fully saturated rings. The second-order valence-corrected chi connectivity index (χ2v) is 4.41. The molecule has 2 aromatic rings. The van der Waals surface area contributed by atoms with E-state index in [2.05, 4.69) is 20.2 Å². The fraction of sp³-hybridized carbons (Fsp3) is 0.167. The molecule has 1 aromatic carbocycles. The molecule has 0 saturated heterocycles. The molecule has 7 heteroatoms. The lowest BCUT2D eigenvalue weighted by Gasteiger charge is -2.12. The molecular weight excluding hydrogens is 266 g/mol. The maximum Gasteiger partial charge on any atom is 0.185 e. The third-order valence-corrected chi connectivity index (χ3v) is 3.28. The van der Waals surface area contributed by atoms with Crippen molar-refractivity contribution in [3.05, 3.63) is 40.7 Å². The summed E-state index contributed by atoms with van der Waals surface area (Å²) in [4.78, 5) is 8.01. The van der Waals surface area contributed by atoms with E-state index in [1.165, 1.54) is 6.33 Å². The maximum atomic E-state index is 6.21. The molecule has 0 saturated carbocycles. The molecule has 1 aliphatic rings. The zero-order valence-corrected chi connectivity index (χ0v) is 10.8. The van der Waals surface area contributed by atoms with Crippen LogP contribution in [0.25, 0.3) is 0 Å². The summed E-state index contributed by atoms with van der Waals surface area (Å²) in [5.74, 6) is 1.54. The van der Waals surface area contributed by atoms with Crippen LogP contribution in [0, 0.1) is 0 Å². The number of nitrogens with two attached hydrogens (primary N) is 1. The van der Waals surface area contributed by atoms with Gasteiger partial charge < -0.3 is 10.5 Å². The molecule has 1 unspecified atom stereocenters. The topological polar surface area (TPSA) is 85.8 Å². The van der Waals surface area contributed by atoms with Gasteiger partial charge in [-0.15, -0.1) is 5.11 Å². The highest BCUT2D eigenvalue weighted by atomic mass is 35.5. The number of rotatable bonds is 2. The lowest BCUT2D eigenvalue weighted by Crippen LogP contribution is -2.03. The zero-order valence-electron chi connectivity index (χ0n) is 10.0. The van der Waals surface area contributed by atoms with Crippen molar-refractivity contribution in [3.63, 3.8) is 0 Å². The van der Waals surface area contributed by atoms with E-state index < -0.39 is 6.04 Å². The van der Waals surface area contributed by atoms with Gasteiger partial charge >= 0.3 is 0 Å². The predicted octanol–water partition coefficient (Wildman–Crippen LogP) is 2.91. The van der Waals surface area contributed by atoms with Gasteiger partial charge in [0.1, 0.15) is 23.9 Å². The van der Waals surface area contributed by atoms with Crippen molar-refractivity contribution in [3.8, 4) is 5.75 Å². The number of anilines is 1. The molecule has 19 heavy (non-hydrogen) atoms. The van der Waals surface area contributed by atoms with Crippen LogP contribution in [0.15, 0.2) is 34.8 Å². The van der Waals surface area contributed by atoms with Gasteiger partial charge in [0.25, 0.3) is 0 Å². The van der Waals surface area contributed by atoms with Gasteiger partial charge in [0.15, 0.2) is 5.82 Å². The summed E-state index contributed by atoms with van der Waals surface area (Å²) in [7, 11) is 1.59. The van der Waals surface area contributed by atoms with Crippen molar-refractivity contribution in [2.45, 2.75) is 6.04 Å². The van der Waals surface area contributed by atoms with Gasteiger partial charge in [-0.25, -0.2) is 9.97 Å². The molecule has 0 aliphatic carbocycles. The van der Waals surface area contributed by atoms with Gasteiger partial charge in [-0.2, -0.15) is 5.11 Å². The van der Waals surface area contributed by atoms with Crippen LogP contribution in [0.1, 0.15) is 17.2 Å². The summed E-state index contributed by atoms with van der Waals surface area (Å²) >= 11 is 6.21. The van der Waals surface area contributed by atoms with Crippen LogP contribution < -0.4 is 10.5 Å². The summed E-state index contributed by atoms with van der Waals surface area (Å²) < 4.78 is 5.19. The van der Waals surface area contributed by atoms with E-state index in [1.54, 1.807) is 19.2 Å². The molecule has 0 amide bonds. The van der Waals surface area contributed by atoms with Gasteiger partial charge in [-0.05, 0) is 18.2 Å². The first-order chi connectivity index (χ1) is 9.20. The predicted molar refractivity (Wildman–Crippen MR) is 70.8 cm³/mol. The summed E-state index contributed by atoms with van der Waals surface area (Å²) in [6.45, 7) is 0. The summed E-state index contributed by atoms with van der Waals surface area (Å²) in [5.41, 5.74) is 7.32. The zero-order chi connectivity index (χ0) is 13.4. The summed E-state index contributed by atoms with van der Waals surface area (Å²) in [6.07, 6.45) is 1.36. The number of hydrogen-bond donors (Lipinski definition) is 1. The number of aromatic nitrogens is 2. The number of methoxy groups -OCH3 is 1. The van der Waals surface area contributed by atoms with Gasteiger partial charge in [0.2, 0.25) is 0 Å². The molecule has 0 radical (unpaired) electrons. The van der Waals surface area contributed by atoms with Crippen molar-refractivity contribution in [2.24, 2.45) is 10.2 Å². The molecule has 3 rings (SSSR count). The Bertz CT molecular complexity index is 673. The SMILES string of the molecule is COc1ccc(Cl)c(C2N=Nc3ncnc(N)c32)c1. The van der Waals surface area contributed by atoms with Gasteiger partial charge in [0, 0.05) is 10.6 Å². The lowest BCUT2D eigenvalue weighted by molar-refractivity contribution is 0.414. The van der Waals surface area contributed by atoms with E-state index in [1.807, 2.05) is 6.07 Å². The first kappa shape index (κ1) is 11.9. The largest absolute Gasteiger partial charge is 0.497 e. The standard InChI is InChI=1S/C12H10ClN5O/c1-19-6-2-3-8(13)7(4-6)10-9-11(14)15-5-16-12(9)18-17-10/h2-5,10H,1H3,(H2,14,15,16). The number of fused-ring (bicyclic) bond motifs is 1. The average Bonchev–Trinajstić information content (AvgIpc) is 2.85. The minimum atomic E-state index is -0.390. The molecule has 6 nitrogen and oxygen atoms in total. The Kier molecular flexibility index (Phi) is 2.79. The van der Waals surface area contributed by atoms with Crippen LogP contribution in [-0.4, -0.2) is 17.1 Å². The van der Waals surface area contributed by atoms with Crippen LogP contribution >= 0.6 is 11.6 Å². The Hall–Kier alpha value is -2.21. The molecule has 0 bridgehead atoms. The Morgan fingerprint density at radius 3 is 2.95 bits per heavy atom. The van der Waals surface area contributed by atoms with E-state index in [4.69, 9.17) is 22.1 Å². The van der Waals surface area contributed by atoms with Crippen molar-refractivity contribution >= 4 is 23.2 Å². The van der Waals surface area contributed by atoms with Crippen LogP contribution in [-0.2, 0) is 0 Å². The number of azo groups is 1. The normalized spacial score (nSPS) is 16.4. The van der Waals surface area contributed by atoms with Crippen molar-refractivity contribution in [1.29, 1.82) is 0 Å². The van der Waals surface area contributed by atoms with E-state index in [9.17, 15) is 0 Å². The van der Waals surface area contributed by atoms with E-state index in [0.29, 0.717) is 28.0 Å². The van der Waals surface area contributed by atoms with Crippen LogP contribution in [0.4, 0.5) is 11.6 Å². The van der Waals surface area contributed by atoms with Crippen LogP contribution in [0.2, 0.25) is 5.02 Å². The number of ether oxygens (including phenoxy) is 1. The first-order valence-corrected chi connectivity index (χ1v) is 5.93. The lowest BCUT2D eigenvalue weighted by atomic mass is 10.0. The molecule has 1 aliphatic heterocycles. The molecule has 0 spiro atoms. The Morgan fingerprint density at radius 2 is 2.16 bits per heavy atom. The number of nitrogens with zero attached hydrogens (tertiary/aromatic N) is 4. The molecule has 2 heterocycles. The van der Waals surface area contributed by atoms with Crippen LogP contribution in [0.5, 0.6) is 5.75 Å². The second kappa shape index (κ2) is 4.47. The highest BCUT2D eigenvalue weighted by Gasteiger charge is 2.28. The minimum Gasteiger partial charge on any atom is -0.497 e. The Morgan fingerprint density at radius 1 is 1.32 bits per heavy atom. The average molecular weight is 276 g/mol. The van der Waals surface area contributed by atoms with Crippen molar-refractivity contribution < 1.29 is 4.74 Å². The third kappa shape index (κ3) is 1.90. The monoisotopic (exact) mass is 275 g/mol. The number of nitrogen functional groups attached to an aromatic ring is 1. The van der Waals surface area contributed by atoms with E-state index in [-0.39, 0.29) is 0 Å². The number of hydrogen-bond acceptors (Lipinski definition) is 6. The number of halogens is 1. The van der Waals surface area contributed by atoms with Gasteiger partial charge in [-0.3, -0.25) is 0 Å². The highest BCUT2D eigenvalue weighted by Crippen LogP contribution is 2.43. The summed E-state index contributed by atoms with van der Waals surface area (Å²) in [6, 6.07) is 4.96. The highest BCUT2D eigenvalue weighted by molar-refractivity contribution is 6.31. The molecule has 96 valence electrons. The maximum absolute atomic E-state index is 6.21. The van der Waals surface area contributed by atoms with Crippen molar-refractivity contribution in [1.82, 2.24) is 9.97 Å². The fourth-order valence-corrected chi connectivity index (χ4v) is 2.21. The van der Waals surface area contributed by atoms with Gasteiger partial charge in [-0.1, -0.05) is 11.6 Å². The van der Waals surface area contributed by atoms with E-state index in [0.717, 1.165) is 5.56 Å². The van der Waals surface area contributed by atoms with E-state index >= 15 is 0 Å². The fourth-order valence-electron chi connectivity index (χ4n) is 1.99. The summed E-state index contributed by atoms with van der Waals surface area (Å²) in [5, 5.41) is 8.75. The number of benzene rings is 1. The Balaban J connectivity index is 2.14. The second-order valence-electron chi connectivity index (χ2n) is 4.00. The quantitative estimate of drug-likeness (QED) is 0.913. The molecular formula is C12H10ClN5O. The molecule has 1 aromatic heterocycles. The minimum absolute atomic E-state index is 0.360. The molecule has 2 N–H and O–H groups in total.